The van der Waals surface area contributed by atoms with E-state index < -0.39 is 0 Å². The highest BCUT2D eigenvalue weighted by atomic mass is 16.5. The van der Waals surface area contributed by atoms with Gasteiger partial charge in [0.1, 0.15) is 29.6 Å². The van der Waals surface area contributed by atoms with Gasteiger partial charge in [0.05, 0.1) is 5.56 Å². The standard InChI is InChI=1S/C34H24O5/c1-22(35)38-26-17-19-28(20-18-26)39-27-15-13-25(14-16-27)24-11-9-23(10-12-24)21-37-32-8-4-7-30-29-5-2-3-6-31(29)34(36)33(30)32/h2-20H,21H2,1H3. The number of ether oxygens (including phenoxy) is 3. The molecule has 5 nitrogen and oxygen atoms in total. The van der Waals surface area contributed by atoms with Gasteiger partial charge >= 0.3 is 5.97 Å². The van der Waals surface area contributed by atoms with Crippen LogP contribution in [0.3, 0.4) is 0 Å². The summed E-state index contributed by atoms with van der Waals surface area (Å²) in [7, 11) is 0. The first-order valence-electron chi connectivity index (χ1n) is 12.6. The van der Waals surface area contributed by atoms with Gasteiger partial charge in [0, 0.05) is 12.5 Å². The van der Waals surface area contributed by atoms with E-state index in [9.17, 15) is 9.59 Å². The van der Waals surface area contributed by atoms with Gasteiger partial charge in [-0.15, -0.1) is 0 Å². The second kappa shape index (κ2) is 10.3. The molecule has 1 aliphatic carbocycles. The molecular formula is C34H24O5. The molecule has 0 unspecified atom stereocenters. The molecule has 0 atom stereocenters. The Bertz CT molecular complexity index is 1670. The van der Waals surface area contributed by atoms with Gasteiger partial charge in [-0.05, 0) is 70.3 Å². The van der Waals surface area contributed by atoms with E-state index in [2.05, 4.69) is 12.1 Å². The topological polar surface area (TPSA) is 61.8 Å². The highest BCUT2D eigenvalue weighted by molar-refractivity contribution is 6.23. The molecule has 0 saturated heterocycles. The SMILES string of the molecule is CC(=O)Oc1ccc(Oc2ccc(-c3ccc(COc4cccc5c4C(=O)c4ccccc4-5)cc3)cc2)cc1. The molecule has 0 amide bonds. The van der Waals surface area contributed by atoms with Crippen LogP contribution in [-0.2, 0) is 11.4 Å². The van der Waals surface area contributed by atoms with Crippen molar-refractivity contribution in [3.63, 3.8) is 0 Å². The Morgan fingerprint density at radius 2 is 1.18 bits per heavy atom. The van der Waals surface area contributed by atoms with Gasteiger partial charge in [0.25, 0.3) is 0 Å². The lowest BCUT2D eigenvalue weighted by molar-refractivity contribution is -0.131. The van der Waals surface area contributed by atoms with E-state index in [1.54, 1.807) is 24.3 Å². The van der Waals surface area contributed by atoms with E-state index in [1.165, 1.54) is 6.92 Å². The van der Waals surface area contributed by atoms with Crippen LogP contribution in [0.5, 0.6) is 23.0 Å². The predicted octanol–water partition coefficient (Wildman–Crippen LogP) is 7.86. The Morgan fingerprint density at radius 1 is 0.615 bits per heavy atom. The molecule has 39 heavy (non-hydrogen) atoms. The fourth-order valence-corrected chi connectivity index (χ4v) is 4.71. The molecule has 6 rings (SSSR count). The van der Waals surface area contributed by atoms with E-state index >= 15 is 0 Å². The first-order chi connectivity index (χ1) is 19.0. The van der Waals surface area contributed by atoms with Crippen LogP contribution in [0.4, 0.5) is 0 Å². The fraction of sp³-hybridized carbons (Fsp3) is 0.0588. The summed E-state index contributed by atoms with van der Waals surface area (Å²) in [6, 6.07) is 36.3. The quantitative estimate of drug-likeness (QED) is 0.161. The molecule has 0 aromatic heterocycles. The van der Waals surface area contributed by atoms with Crippen LogP contribution in [0.25, 0.3) is 22.3 Å². The van der Waals surface area contributed by atoms with Crippen LogP contribution >= 0.6 is 0 Å². The average Bonchev–Trinajstić information content (AvgIpc) is 3.26. The number of ketones is 1. The summed E-state index contributed by atoms with van der Waals surface area (Å²) in [6.07, 6.45) is 0. The zero-order valence-electron chi connectivity index (χ0n) is 21.2. The van der Waals surface area contributed by atoms with E-state index in [1.807, 2.05) is 78.9 Å². The van der Waals surface area contributed by atoms with Crippen molar-refractivity contribution in [3.8, 4) is 45.3 Å². The Hall–Kier alpha value is -5.16. The van der Waals surface area contributed by atoms with Gasteiger partial charge < -0.3 is 14.2 Å². The minimum absolute atomic E-state index is 0.0120. The van der Waals surface area contributed by atoms with Crippen molar-refractivity contribution in [1.29, 1.82) is 0 Å². The van der Waals surface area contributed by atoms with Crippen LogP contribution in [0, 0.1) is 0 Å². The number of fused-ring (bicyclic) bond motifs is 3. The molecule has 0 radical (unpaired) electrons. The third-order valence-electron chi connectivity index (χ3n) is 6.57. The Balaban J connectivity index is 1.10. The molecule has 1 aliphatic rings. The van der Waals surface area contributed by atoms with Gasteiger partial charge in [-0.2, -0.15) is 0 Å². The van der Waals surface area contributed by atoms with Crippen molar-refractivity contribution in [3.05, 3.63) is 132 Å². The lowest BCUT2D eigenvalue weighted by Gasteiger charge is -2.11. The average molecular weight is 513 g/mol. The van der Waals surface area contributed by atoms with Crippen LogP contribution in [0.15, 0.2) is 115 Å². The van der Waals surface area contributed by atoms with Gasteiger partial charge in [0.2, 0.25) is 0 Å². The number of esters is 1. The summed E-state index contributed by atoms with van der Waals surface area (Å²) in [6.45, 7) is 1.73. The van der Waals surface area contributed by atoms with Crippen LogP contribution in [0.2, 0.25) is 0 Å². The van der Waals surface area contributed by atoms with Crippen molar-refractivity contribution in [2.75, 3.05) is 0 Å². The number of benzene rings is 5. The maximum absolute atomic E-state index is 13.0. The van der Waals surface area contributed by atoms with Crippen molar-refractivity contribution in [2.45, 2.75) is 13.5 Å². The van der Waals surface area contributed by atoms with E-state index in [0.717, 1.165) is 33.4 Å². The molecule has 0 heterocycles. The van der Waals surface area contributed by atoms with E-state index in [4.69, 9.17) is 14.2 Å². The summed E-state index contributed by atoms with van der Waals surface area (Å²) in [5.41, 5.74) is 6.39. The zero-order valence-corrected chi connectivity index (χ0v) is 21.2. The molecule has 0 saturated carbocycles. The molecule has 5 aromatic rings. The maximum atomic E-state index is 13.0. The molecule has 190 valence electrons. The summed E-state index contributed by atoms with van der Waals surface area (Å²) in [5.74, 6) is 2.09. The normalized spacial score (nSPS) is 11.5. The Kier molecular flexibility index (Phi) is 6.39. The minimum Gasteiger partial charge on any atom is -0.488 e. The van der Waals surface area contributed by atoms with Crippen molar-refractivity contribution < 1.29 is 23.8 Å². The largest absolute Gasteiger partial charge is 0.488 e. The molecule has 0 bridgehead atoms. The van der Waals surface area contributed by atoms with Crippen molar-refractivity contribution >= 4 is 11.8 Å². The molecule has 5 heteroatoms. The number of carbonyl (C=O) groups is 2. The zero-order chi connectivity index (χ0) is 26.8. The Morgan fingerprint density at radius 3 is 1.85 bits per heavy atom. The number of rotatable bonds is 7. The number of hydrogen-bond acceptors (Lipinski definition) is 5. The Labute approximate surface area is 226 Å². The number of hydrogen-bond donors (Lipinski definition) is 0. The second-order valence-corrected chi connectivity index (χ2v) is 9.23. The molecule has 0 aliphatic heterocycles. The van der Waals surface area contributed by atoms with Crippen molar-refractivity contribution in [1.82, 2.24) is 0 Å². The minimum atomic E-state index is -0.359. The van der Waals surface area contributed by atoms with Crippen LogP contribution in [0.1, 0.15) is 28.4 Å². The molecule has 5 aromatic carbocycles. The summed E-state index contributed by atoms with van der Waals surface area (Å²) >= 11 is 0. The lowest BCUT2D eigenvalue weighted by Crippen LogP contribution is -2.02. The van der Waals surface area contributed by atoms with Gasteiger partial charge in [-0.25, -0.2) is 0 Å². The van der Waals surface area contributed by atoms with E-state index in [-0.39, 0.29) is 11.8 Å². The highest BCUT2D eigenvalue weighted by Crippen LogP contribution is 2.41. The summed E-state index contributed by atoms with van der Waals surface area (Å²) < 4.78 is 17.1. The molecule has 0 spiro atoms. The molecular weight excluding hydrogens is 488 g/mol. The molecule has 0 fully saturated rings. The predicted molar refractivity (Wildman–Crippen MR) is 149 cm³/mol. The van der Waals surface area contributed by atoms with Crippen LogP contribution < -0.4 is 14.2 Å². The van der Waals surface area contributed by atoms with Gasteiger partial charge in [0.15, 0.2) is 5.78 Å². The first kappa shape index (κ1) is 24.2. The monoisotopic (exact) mass is 512 g/mol. The summed E-state index contributed by atoms with van der Waals surface area (Å²) in [4.78, 5) is 24.1. The van der Waals surface area contributed by atoms with Crippen LogP contribution in [-0.4, -0.2) is 11.8 Å². The summed E-state index contributed by atoms with van der Waals surface area (Å²) in [5, 5.41) is 0. The van der Waals surface area contributed by atoms with Gasteiger partial charge in [-0.3, -0.25) is 9.59 Å². The van der Waals surface area contributed by atoms with Gasteiger partial charge in [-0.1, -0.05) is 72.8 Å². The van der Waals surface area contributed by atoms with Crippen molar-refractivity contribution in [2.24, 2.45) is 0 Å². The van der Waals surface area contributed by atoms with E-state index in [0.29, 0.717) is 35.2 Å². The highest BCUT2D eigenvalue weighted by Gasteiger charge is 2.29. The number of carbonyl (C=O) groups excluding carboxylic acids is 2. The molecule has 0 N–H and O–H groups in total. The fourth-order valence-electron chi connectivity index (χ4n) is 4.71. The smallest absolute Gasteiger partial charge is 0.308 e. The second-order valence-electron chi connectivity index (χ2n) is 9.23. The third kappa shape index (κ3) is 5.03. The lowest BCUT2D eigenvalue weighted by atomic mass is 10.0. The maximum Gasteiger partial charge on any atom is 0.308 e. The first-order valence-corrected chi connectivity index (χ1v) is 12.6. The third-order valence-corrected chi connectivity index (χ3v) is 6.57.